The van der Waals surface area contributed by atoms with Gasteiger partial charge in [-0.1, -0.05) is 36.4 Å². The molecule has 0 aliphatic carbocycles. The third-order valence-corrected chi connectivity index (χ3v) is 2.84. The number of rotatable bonds is 7. The summed E-state index contributed by atoms with van der Waals surface area (Å²) in [6, 6.07) is 14.7. The van der Waals surface area contributed by atoms with Crippen LogP contribution in [0.4, 0.5) is 4.39 Å². The molecule has 0 radical (unpaired) electrons. The first-order valence-corrected chi connectivity index (χ1v) is 6.98. The van der Waals surface area contributed by atoms with E-state index >= 15 is 0 Å². The lowest BCUT2D eigenvalue weighted by atomic mass is 10.2. The van der Waals surface area contributed by atoms with Gasteiger partial charge in [0.15, 0.2) is 6.61 Å². The second kappa shape index (κ2) is 8.53. The van der Waals surface area contributed by atoms with Crippen LogP contribution in [-0.2, 0) is 20.9 Å². The van der Waals surface area contributed by atoms with Gasteiger partial charge in [-0.25, -0.2) is 4.39 Å². The van der Waals surface area contributed by atoms with Gasteiger partial charge in [0.25, 0.3) is 5.91 Å². The van der Waals surface area contributed by atoms with E-state index in [0.717, 1.165) is 5.56 Å². The molecule has 2 aromatic carbocycles. The summed E-state index contributed by atoms with van der Waals surface area (Å²) in [7, 11) is 0. The maximum absolute atomic E-state index is 12.9. The summed E-state index contributed by atoms with van der Waals surface area (Å²) < 4.78 is 23.0. The largest absolute Gasteiger partial charge is 0.484 e. The smallest absolute Gasteiger partial charge is 0.325 e. The third kappa shape index (κ3) is 6.17. The molecule has 0 aliphatic heterocycles. The van der Waals surface area contributed by atoms with Gasteiger partial charge in [-0.2, -0.15) is 0 Å². The van der Waals surface area contributed by atoms with Crippen LogP contribution in [0.25, 0.3) is 0 Å². The lowest BCUT2D eigenvalue weighted by molar-refractivity contribution is -0.145. The van der Waals surface area contributed by atoms with Crippen LogP contribution in [0.3, 0.4) is 0 Å². The molecule has 0 bridgehead atoms. The number of halogens is 1. The van der Waals surface area contributed by atoms with Crippen molar-refractivity contribution in [3.8, 4) is 5.75 Å². The Morgan fingerprint density at radius 3 is 2.57 bits per heavy atom. The van der Waals surface area contributed by atoms with Crippen LogP contribution in [0.5, 0.6) is 5.75 Å². The zero-order valence-electron chi connectivity index (χ0n) is 12.3. The van der Waals surface area contributed by atoms with E-state index in [1.54, 1.807) is 0 Å². The Labute approximate surface area is 133 Å². The van der Waals surface area contributed by atoms with Crippen molar-refractivity contribution in [2.24, 2.45) is 0 Å². The second-order valence-electron chi connectivity index (χ2n) is 4.67. The molecule has 0 aliphatic rings. The number of hydrogen-bond donors (Lipinski definition) is 1. The number of benzene rings is 2. The zero-order valence-corrected chi connectivity index (χ0v) is 12.3. The van der Waals surface area contributed by atoms with Crippen LogP contribution in [0.1, 0.15) is 5.56 Å². The average molecular weight is 317 g/mol. The summed E-state index contributed by atoms with van der Waals surface area (Å²) in [5.41, 5.74) is 0.863. The van der Waals surface area contributed by atoms with Crippen molar-refractivity contribution in [3.63, 3.8) is 0 Å². The number of hydrogen-bond acceptors (Lipinski definition) is 4. The molecule has 0 atom stereocenters. The fourth-order valence-corrected chi connectivity index (χ4v) is 1.72. The first kappa shape index (κ1) is 16.5. The van der Waals surface area contributed by atoms with Crippen LogP contribution < -0.4 is 10.1 Å². The molecule has 1 amide bonds. The Morgan fingerprint density at radius 2 is 1.83 bits per heavy atom. The predicted molar refractivity (Wildman–Crippen MR) is 81.1 cm³/mol. The molecule has 0 spiro atoms. The van der Waals surface area contributed by atoms with Gasteiger partial charge in [-0.15, -0.1) is 0 Å². The van der Waals surface area contributed by atoms with Gasteiger partial charge in [0, 0.05) is 6.07 Å². The van der Waals surface area contributed by atoms with Crippen molar-refractivity contribution < 1.29 is 23.5 Å². The quantitative estimate of drug-likeness (QED) is 0.794. The van der Waals surface area contributed by atoms with Crippen LogP contribution in [0.15, 0.2) is 54.6 Å². The predicted octanol–water partition coefficient (Wildman–Crippen LogP) is 2.06. The lowest BCUT2D eigenvalue weighted by Crippen LogP contribution is -2.34. The molecule has 0 saturated carbocycles. The highest BCUT2D eigenvalue weighted by Crippen LogP contribution is 2.11. The van der Waals surface area contributed by atoms with E-state index in [0.29, 0.717) is 0 Å². The summed E-state index contributed by atoms with van der Waals surface area (Å²) in [4.78, 5) is 23.1. The van der Waals surface area contributed by atoms with Crippen molar-refractivity contribution in [1.82, 2.24) is 5.32 Å². The van der Waals surface area contributed by atoms with Crippen LogP contribution >= 0.6 is 0 Å². The molecule has 0 aromatic heterocycles. The number of esters is 1. The maximum atomic E-state index is 12.9. The summed E-state index contributed by atoms with van der Waals surface area (Å²) in [6.45, 7) is -0.414. The van der Waals surface area contributed by atoms with Gasteiger partial charge in [0.2, 0.25) is 0 Å². The molecule has 0 unspecified atom stereocenters. The Morgan fingerprint density at radius 1 is 1.04 bits per heavy atom. The molecular formula is C17H16FNO4. The van der Waals surface area contributed by atoms with E-state index in [-0.39, 0.29) is 25.5 Å². The van der Waals surface area contributed by atoms with Crippen LogP contribution in [0, 0.1) is 5.82 Å². The molecule has 1 N–H and O–H groups in total. The van der Waals surface area contributed by atoms with Gasteiger partial charge in [0.1, 0.15) is 24.7 Å². The van der Waals surface area contributed by atoms with Gasteiger partial charge < -0.3 is 14.8 Å². The van der Waals surface area contributed by atoms with Gasteiger partial charge in [-0.3, -0.25) is 9.59 Å². The van der Waals surface area contributed by atoms with Crippen molar-refractivity contribution >= 4 is 11.9 Å². The van der Waals surface area contributed by atoms with Crippen molar-refractivity contribution in [3.05, 3.63) is 66.0 Å². The number of carbonyl (C=O) groups excluding carboxylic acids is 2. The zero-order chi connectivity index (χ0) is 16.5. The van der Waals surface area contributed by atoms with Gasteiger partial charge >= 0.3 is 5.97 Å². The molecule has 0 fully saturated rings. The third-order valence-electron chi connectivity index (χ3n) is 2.84. The normalized spacial score (nSPS) is 9.96. The number of ether oxygens (including phenoxy) is 2. The molecule has 0 heterocycles. The van der Waals surface area contributed by atoms with Gasteiger partial charge in [-0.05, 0) is 17.7 Å². The van der Waals surface area contributed by atoms with E-state index in [1.165, 1.54) is 24.3 Å². The molecule has 23 heavy (non-hydrogen) atoms. The molecule has 2 rings (SSSR count). The Bertz CT molecular complexity index is 661. The summed E-state index contributed by atoms with van der Waals surface area (Å²) in [5.74, 6) is -1.25. The van der Waals surface area contributed by atoms with Crippen LogP contribution in [0.2, 0.25) is 0 Å². The highest BCUT2D eigenvalue weighted by Gasteiger charge is 2.08. The van der Waals surface area contributed by atoms with E-state index < -0.39 is 17.7 Å². The molecule has 0 saturated heterocycles. The fourth-order valence-electron chi connectivity index (χ4n) is 1.72. The Balaban J connectivity index is 1.64. The topological polar surface area (TPSA) is 64.6 Å². The van der Waals surface area contributed by atoms with E-state index in [2.05, 4.69) is 5.32 Å². The van der Waals surface area contributed by atoms with E-state index in [4.69, 9.17) is 9.47 Å². The SMILES string of the molecule is O=C(COc1cccc(F)c1)NCC(=O)OCc1ccccc1. The van der Waals surface area contributed by atoms with Crippen LogP contribution in [-0.4, -0.2) is 25.0 Å². The van der Waals surface area contributed by atoms with E-state index in [9.17, 15) is 14.0 Å². The van der Waals surface area contributed by atoms with Crippen molar-refractivity contribution in [2.75, 3.05) is 13.2 Å². The minimum absolute atomic E-state index is 0.148. The fraction of sp³-hybridized carbons (Fsp3) is 0.176. The maximum Gasteiger partial charge on any atom is 0.325 e. The highest BCUT2D eigenvalue weighted by molar-refractivity contribution is 5.82. The summed E-state index contributed by atoms with van der Waals surface area (Å²) in [5, 5.41) is 2.37. The minimum atomic E-state index is -0.548. The molecule has 6 heteroatoms. The van der Waals surface area contributed by atoms with E-state index in [1.807, 2.05) is 30.3 Å². The summed E-state index contributed by atoms with van der Waals surface area (Å²) >= 11 is 0. The summed E-state index contributed by atoms with van der Waals surface area (Å²) in [6.07, 6.45) is 0. The highest BCUT2D eigenvalue weighted by atomic mass is 19.1. The standard InChI is InChI=1S/C17H16FNO4/c18-14-7-4-8-15(9-14)22-12-16(20)19-10-17(21)23-11-13-5-2-1-3-6-13/h1-9H,10-12H2,(H,19,20). The molecule has 120 valence electrons. The monoisotopic (exact) mass is 317 g/mol. The number of amides is 1. The van der Waals surface area contributed by atoms with Crippen molar-refractivity contribution in [2.45, 2.75) is 6.61 Å². The molecule has 5 nitrogen and oxygen atoms in total. The minimum Gasteiger partial charge on any atom is -0.484 e. The van der Waals surface area contributed by atoms with Gasteiger partial charge in [0.05, 0.1) is 0 Å². The number of nitrogens with one attached hydrogen (secondary N) is 1. The average Bonchev–Trinajstić information content (AvgIpc) is 2.57. The lowest BCUT2D eigenvalue weighted by Gasteiger charge is -2.08. The first-order valence-electron chi connectivity index (χ1n) is 6.98. The number of carbonyl (C=O) groups is 2. The Hall–Kier alpha value is -2.89. The van der Waals surface area contributed by atoms with Crippen molar-refractivity contribution in [1.29, 1.82) is 0 Å². The second-order valence-corrected chi connectivity index (χ2v) is 4.67. The molecular weight excluding hydrogens is 301 g/mol. The Kier molecular flexibility index (Phi) is 6.11. The molecule has 2 aromatic rings. The first-order chi connectivity index (χ1) is 11.1.